The summed E-state index contributed by atoms with van der Waals surface area (Å²) in [5, 5.41) is 3.82. The molecular formula is C17H32N2O. The molecule has 3 nitrogen and oxygen atoms in total. The molecule has 3 rings (SSSR count). The fourth-order valence-corrected chi connectivity index (χ4v) is 3.94. The van der Waals surface area contributed by atoms with Crippen molar-refractivity contribution in [3.8, 4) is 0 Å². The summed E-state index contributed by atoms with van der Waals surface area (Å²) < 4.78 is 5.57. The Kier molecular flexibility index (Phi) is 4.68. The lowest BCUT2D eigenvalue weighted by Gasteiger charge is -2.43. The first-order chi connectivity index (χ1) is 9.67. The van der Waals surface area contributed by atoms with Crippen molar-refractivity contribution in [2.24, 2.45) is 11.3 Å². The largest absolute Gasteiger partial charge is 0.380 e. The van der Waals surface area contributed by atoms with Gasteiger partial charge in [-0.3, -0.25) is 0 Å². The lowest BCUT2D eigenvalue weighted by molar-refractivity contribution is 0.0721. The molecule has 0 aromatic carbocycles. The van der Waals surface area contributed by atoms with Crippen LogP contribution >= 0.6 is 0 Å². The Balaban J connectivity index is 1.57. The number of nitrogens with one attached hydrogen (secondary N) is 1. The maximum absolute atomic E-state index is 5.57. The second-order valence-corrected chi connectivity index (χ2v) is 7.77. The molecule has 1 N–H and O–H groups in total. The Morgan fingerprint density at radius 1 is 1.15 bits per heavy atom. The highest BCUT2D eigenvalue weighted by atomic mass is 16.5. The molecule has 0 spiro atoms. The predicted molar refractivity (Wildman–Crippen MR) is 82.9 cm³/mol. The molecule has 0 aromatic heterocycles. The zero-order chi connectivity index (χ0) is 14.0. The van der Waals surface area contributed by atoms with Crippen LogP contribution in [0.5, 0.6) is 0 Å². The van der Waals surface area contributed by atoms with E-state index in [1.165, 1.54) is 58.0 Å². The van der Waals surface area contributed by atoms with E-state index in [9.17, 15) is 0 Å². The molecule has 1 aliphatic heterocycles. The van der Waals surface area contributed by atoms with Gasteiger partial charge in [0.1, 0.15) is 0 Å². The first-order valence-corrected chi connectivity index (χ1v) is 8.68. The third-order valence-corrected chi connectivity index (χ3v) is 5.79. The summed E-state index contributed by atoms with van der Waals surface area (Å²) in [7, 11) is 2.32. The Morgan fingerprint density at radius 2 is 1.90 bits per heavy atom. The van der Waals surface area contributed by atoms with Gasteiger partial charge in [0.2, 0.25) is 0 Å². The van der Waals surface area contributed by atoms with Crippen LogP contribution in [0.2, 0.25) is 0 Å². The molecular weight excluding hydrogens is 248 g/mol. The summed E-state index contributed by atoms with van der Waals surface area (Å²) in [6, 6.07) is 1.50. The Labute approximate surface area is 124 Å². The SMILES string of the molecule is CC1CCC(CNC2CC2)(CN(C)C2CCOC2)CC1. The number of hydrogen-bond donors (Lipinski definition) is 1. The zero-order valence-corrected chi connectivity index (χ0v) is 13.4. The van der Waals surface area contributed by atoms with Crippen LogP contribution in [0, 0.1) is 11.3 Å². The molecule has 3 fully saturated rings. The van der Waals surface area contributed by atoms with Crippen molar-refractivity contribution in [1.82, 2.24) is 10.2 Å². The van der Waals surface area contributed by atoms with Crippen molar-refractivity contribution in [2.75, 3.05) is 33.4 Å². The van der Waals surface area contributed by atoms with Gasteiger partial charge in [-0.25, -0.2) is 0 Å². The minimum absolute atomic E-state index is 0.520. The second-order valence-electron chi connectivity index (χ2n) is 7.77. The van der Waals surface area contributed by atoms with Crippen LogP contribution < -0.4 is 5.32 Å². The highest BCUT2D eigenvalue weighted by molar-refractivity contribution is 4.93. The first-order valence-electron chi connectivity index (χ1n) is 8.68. The topological polar surface area (TPSA) is 24.5 Å². The van der Waals surface area contributed by atoms with Crippen LogP contribution in [-0.2, 0) is 4.74 Å². The minimum Gasteiger partial charge on any atom is -0.380 e. The van der Waals surface area contributed by atoms with E-state index >= 15 is 0 Å². The van der Waals surface area contributed by atoms with Gasteiger partial charge in [-0.05, 0) is 50.5 Å². The normalized spacial score (nSPS) is 38.5. The average molecular weight is 280 g/mol. The molecule has 1 heterocycles. The van der Waals surface area contributed by atoms with Crippen LogP contribution in [0.1, 0.15) is 51.9 Å². The maximum Gasteiger partial charge on any atom is 0.0622 e. The highest BCUT2D eigenvalue weighted by Crippen LogP contribution is 2.40. The standard InChI is InChI=1S/C17H32N2O/c1-14-5-8-17(9-6-14,12-18-15-3-4-15)13-19(2)16-7-10-20-11-16/h14-16,18H,3-13H2,1-2H3. The number of likely N-dealkylation sites (N-methyl/N-ethyl adjacent to an activating group) is 1. The quantitative estimate of drug-likeness (QED) is 0.809. The molecule has 2 saturated carbocycles. The third kappa shape index (κ3) is 3.75. The molecule has 1 saturated heterocycles. The van der Waals surface area contributed by atoms with Gasteiger partial charge in [-0.15, -0.1) is 0 Å². The van der Waals surface area contributed by atoms with Gasteiger partial charge in [0, 0.05) is 31.8 Å². The lowest BCUT2D eigenvalue weighted by Crippen LogP contribution is -2.48. The van der Waals surface area contributed by atoms with Crippen LogP contribution in [0.3, 0.4) is 0 Å². The summed E-state index contributed by atoms with van der Waals surface area (Å²) in [6.45, 7) is 6.82. The molecule has 20 heavy (non-hydrogen) atoms. The van der Waals surface area contributed by atoms with Crippen molar-refractivity contribution in [3.63, 3.8) is 0 Å². The summed E-state index contributed by atoms with van der Waals surface area (Å²) in [5.74, 6) is 0.934. The molecule has 0 bridgehead atoms. The molecule has 116 valence electrons. The molecule has 2 aliphatic carbocycles. The van der Waals surface area contributed by atoms with Crippen molar-refractivity contribution in [3.05, 3.63) is 0 Å². The fraction of sp³-hybridized carbons (Fsp3) is 1.00. The number of nitrogens with zero attached hydrogens (tertiary/aromatic N) is 1. The van der Waals surface area contributed by atoms with Gasteiger partial charge in [-0.1, -0.05) is 19.8 Å². The van der Waals surface area contributed by atoms with E-state index in [1.807, 2.05) is 0 Å². The monoisotopic (exact) mass is 280 g/mol. The smallest absolute Gasteiger partial charge is 0.0622 e. The Hall–Kier alpha value is -0.120. The lowest BCUT2D eigenvalue weighted by atomic mass is 9.70. The van der Waals surface area contributed by atoms with Gasteiger partial charge in [0.25, 0.3) is 0 Å². The molecule has 0 amide bonds. The first kappa shape index (κ1) is 14.8. The van der Waals surface area contributed by atoms with E-state index in [2.05, 4.69) is 24.2 Å². The number of hydrogen-bond acceptors (Lipinski definition) is 3. The van der Waals surface area contributed by atoms with Gasteiger partial charge in [0.15, 0.2) is 0 Å². The van der Waals surface area contributed by atoms with Crippen LogP contribution in [0.4, 0.5) is 0 Å². The van der Waals surface area contributed by atoms with Gasteiger partial charge >= 0.3 is 0 Å². The van der Waals surface area contributed by atoms with Gasteiger partial charge < -0.3 is 15.0 Å². The summed E-state index contributed by atoms with van der Waals surface area (Å²) in [5.41, 5.74) is 0.520. The van der Waals surface area contributed by atoms with Gasteiger partial charge in [0.05, 0.1) is 6.61 Å². The van der Waals surface area contributed by atoms with E-state index in [1.54, 1.807) is 0 Å². The Bertz CT molecular complexity index is 302. The molecule has 0 radical (unpaired) electrons. The summed E-state index contributed by atoms with van der Waals surface area (Å²) >= 11 is 0. The van der Waals surface area contributed by atoms with Crippen molar-refractivity contribution >= 4 is 0 Å². The minimum atomic E-state index is 0.520. The van der Waals surface area contributed by atoms with E-state index in [-0.39, 0.29) is 0 Å². The third-order valence-electron chi connectivity index (χ3n) is 5.79. The number of rotatable bonds is 6. The molecule has 3 heteroatoms. The fourth-order valence-electron chi connectivity index (χ4n) is 3.94. The number of ether oxygens (including phenoxy) is 1. The molecule has 1 unspecified atom stereocenters. The highest BCUT2D eigenvalue weighted by Gasteiger charge is 2.38. The van der Waals surface area contributed by atoms with E-state index in [0.717, 1.165) is 25.2 Å². The zero-order valence-electron chi connectivity index (χ0n) is 13.4. The van der Waals surface area contributed by atoms with Crippen molar-refractivity contribution in [1.29, 1.82) is 0 Å². The van der Waals surface area contributed by atoms with Crippen LogP contribution in [0.25, 0.3) is 0 Å². The van der Waals surface area contributed by atoms with E-state index in [4.69, 9.17) is 4.74 Å². The van der Waals surface area contributed by atoms with Crippen molar-refractivity contribution in [2.45, 2.75) is 64.0 Å². The van der Waals surface area contributed by atoms with Gasteiger partial charge in [-0.2, -0.15) is 0 Å². The van der Waals surface area contributed by atoms with E-state index in [0.29, 0.717) is 11.5 Å². The van der Waals surface area contributed by atoms with Crippen LogP contribution in [0.15, 0.2) is 0 Å². The van der Waals surface area contributed by atoms with Crippen LogP contribution in [-0.4, -0.2) is 50.3 Å². The average Bonchev–Trinajstić information content (AvgIpc) is 3.11. The van der Waals surface area contributed by atoms with Crippen molar-refractivity contribution < 1.29 is 4.74 Å². The maximum atomic E-state index is 5.57. The predicted octanol–water partition coefficient (Wildman–Crippen LogP) is 2.66. The molecule has 0 aromatic rings. The summed E-state index contributed by atoms with van der Waals surface area (Å²) in [4.78, 5) is 2.59. The Morgan fingerprint density at radius 3 is 2.50 bits per heavy atom. The molecule has 3 aliphatic rings. The van der Waals surface area contributed by atoms with E-state index < -0.39 is 0 Å². The second kappa shape index (κ2) is 6.33. The summed E-state index contributed by atoms with van der Waals surface area (Å²) in [6.07, 6.45) is 9.68. The molecule has 1 atom stereocenters.